The largest absolute Gasteiger partial charge is 0.374 e. The van der Waals surface area contributed by atoms with Gasteiger partial charge in [0.15, 0.2) is 0 Å². The van der Waals surface area contributed by atoms with Crippen LogP contribution in [0.2, 0.25) is 0 Å². The first kappa shape index (κ1) is 16.2. The third-order valence-corrected chi connectivity index (χ3v) is 4.06. The molecule has 0 aliphatic carbocycles. The van der Waals surface area contributed by atoms with E-state index in [0.29, 0.717) is 25.4 Å². The summed E-state index contributed by atoms with van der Waals surface area (Å²) in [5, 5.41) is 2.94. The fourth-order valence-corrected chi connectivity index (χ4v) is 2.98. The number of nitrogens with one attached hydrogen (secondary N) is 1. The van der Waals surface area contributed by atoms with Crippen LogP contribution in [0.1, 0.15) is 20.3 Å². The monoisotopic (exact) mass is 297 g/mol. The van der Waals surface area contributed by atoms with Crippen LogP contribution in [0.5, 0.6) is 0 Å². The lowest BCUT2D eigenvalue weighted by Crippen LogP contribution is -2.49. The number of morpholine rings is 1. The second-order valence-corrected chi connectivity index (χ2v) is 6.57. The summed E-state index contributed by atoms with van der Waals surface area (Å²) in [6, 6.07) is 0. The highest BCUT2D eigenvalue weighted by molar-refractivity contribution is 5.89. The van der Waals surface area contributed by atoms with Crippen molar-refractivity contribution in [3.63, 3.8) is 0 Å². The molecule has 2 heterocycles. The van der Waals surface area contributed by atoms with E-state index in [-0.39, 0.29) is 23.8 Å². The number of ether oxygens (including phenoxy) is 1. The van der Waals surface area contributed by atoms with Crippen LogP contribution in [0.3, 0.4) is 0 Å². The molecule has 1 N–H and O–H groups in total. The second-order valence-electron chi connectivity index (χ2n) is 6.57. The fourth-order valence-electron chi connectivity index (χ4n) is 2.98. The molecular formula is C15H27N3O3. The van der Waals surface area contributed by atoms with Crippen molar-refractivity contribution in [3.8, 4) is 0 Å². The zero-order valence-corrected chi connectivity index (χ0v) is 13.3. The molecule has 0 unspecified atom stereocenters. The Labute approximate surface area is 126 Å². The Hall–Kier alpha value is -1.14. The molecule has 2 rings (SSSR count). The smallest absolute Gasteiger partial charge is 0.225 e. The van der Waals surface area contributed by atoms with E-state index in [1.54, 1.807) is 11.9 Å². The van der Waals surface area contributed by atoms with Crippen LogP contribution in [0.4, 0.5) is 0 Å². The Kier molecular flexibility index (Phi) is 5.58. The molecule has 2 aliphatic heterocycles. The van der Waals surface area contributed by atoms with Crippen molar-refractivity contribution in [2.45, 2.75) is 26.4 Å². The van der Waals surface area contributed by atoms with Crippen molar-refractivity contribution in [2.24, 2.45) is 11.8 Å². The maximum Gasteiger partial charge on any atom is 0.225 e. The van der Waals surface area contributed by atoms with E-state index in [2.05, 4.69) is 24.1 Å². The lowest BCUT2D eigenvalue weighted by Gasteiger charge is -2.34. The van der Waals surface area contributed by atoms with Crippen LogP contribution < -0.4 is 5.32 Å². The third-order valence-electron chi connectivity index (χ3n) is 4.06. The van der Waals surface area contributed by atoms with Gasteiger partial charge in [0.25, 0.3) is 0 Å². The van der Waals surface area contributed by atoms with Crippen LogP contribution in [-0.2, 0) is 14.3 Å². The van der Waals surface area contributed by atoms with Crippen LogP contribution >= 0.6 is 0 Å². The van der Waals surface area contributed by atoms with Gasteiger partial charge in [-0.3, -0.25) is 14.5 Å². The highest BCUT2D eigenvalue weighted by Gasteiger charge is 2.32. The number of rotatable bonds is 5. The molecule has 21 heavy (non-hydrogen) atoms. The van der Waals surface area contributed by atoms with E-state index < -0.39 is 0 Å². The molecule has 0 spiro atoms. The molecule has 2 aliphatic rings. The van der Waals surface area contributed by atoms with Crippen LogP contribution in [0, 0.1) is 11.8 Å². The van der Waals surface area contributed by atoms with Gasteiger partial charge in [0.1, 0.15) is 0 Å². The number of hydrogen-bond acceptors (Lipinski definition) is 4. The van der Waals surface area contributed by atoms with Crippen molar-refractivity contribution >= 4 is 11.8 Å². The first-order valence-corrected chi connectivity index (χ1v) is 7.81. The minimum absolute atomic E-state index is 0.0303. The SMILES string of the molecule is CC(C)CN1CCO[C@@H](CNC(=O)[C@@H]2CC(=O)N(C)C2)C1. The second kappa shape index (κ2) is 7.22. The van der Waals surface area contributed by atoms with Crippen LogP contribution in [-0.4, -0.2) is 74.1 Å². The Balaban J connectivity index is 1.72. The predicted molar refractivity (Wildman–Crippen MR) is 79.8 cm³/mol. The summed E-state index contributed by atoms with van der Waals surface area (Å²) >= 11 is 0. The van der Waals surface area contributed by atoms with E-state index >= 15 is 0 Å². The van der Waals surface area contributed by atoms with Crippen molar-refractivity contribution < 1.29 is 14.3 Å². The molecule has 2 saturated heterocycles. The van der Waals surface area contributed by atoms with Gasteiger partial charge in [0.05, 0.1) is 18.6 Å². The van der Waals surface area contributed by atoms with Crippen molar-refractivity contribution in [2.75, 3.05) is 46.4 Å². The molecule has 2 fully saturated rings. The van der Waals surface area contributed by atoms with Gasteiger partial charge in [-0.25, -0.2) is 0 Å². The molecule has 120 valence electrons. The van der Waals surface area contributed by atoms with E-state index in [1.807, 2.05) is 0 Å². The Bertz CT molecular complexity index is 386. The van der Waals surface area contributed by atoms with Gasteiger partial charge in [-0.15, -0.1) is 0 Å². The maximum absolute atomic E-state index is 12.1. The summed E-state index contributed by atoms with van der Waals surface area (Å²) in [5.41, 5.74) is 0. The lowest BCUT2D eigenvalue weighted by atomic mass is 10.1. The molecule has 6 heteroatoms. The number of hydrogen-bond donors (Lipinski definition) is 1. The molecule has 0 aromatic carbocycles. The van der Waals surface area contributed by atoms with E-state index in [4.69, 9.17) is 4.74 Å². The van der Waals surface area contributed by atoms with Crippen LogP contribution in [0.15, 0.2) is 0 Å². The quantitative estimate of drug-likeness (QED) is 0.772. The Morgan fingerprint density at radius 3 is 2.81 bits per heavy atom. The normalized spacial score (nSPS) is 27.4. The molecule has 0 aromatic rings. The van der Waals surface area contributed by atoms with Crippen molar-refractivity contribution in [1.29, 1.82) is 0 Å². The molecule has 2 atom stereocenters. The van der Waals surface area contributed by atoms with Crippen molar-refractivity contribution in [3.05, 3.63) is 0 Å². The van der Waals surface area contributed by atoms with E-state index in [1.165, 1.54) is 0 Å². The summed E-state index contributed by atoms with van der Waals surface area (Å²) in [6.07, 6.45) is 0.379. The molecule has 0 aromatic heterocycles. The predicted octanol–water partition coefficient (Wildman–Crippen LogP) is -0.0623. The average Bonchev–Trinajstić information content (AvgIpc) is 2.76. The summed E-state index contributed by atoms with van der Waals surface area (Å²) in [4.78, 5) is 27.5. The summed E-state index contributed by atoms with van der Waals surface area (Å²) in [6.45, 7) is 9.08. The standard InChI is InChI=1S/C15H27N3O3/c1-11(2)8-18-4-5-21-13(10-18)7-16-15(20)12-6-14(19)17(3)9-12/h11-13H,4-10H2,1-3H3,(H,16,20)/t12-,13+/m1/s1. The lowest BCUT2D eigenvalue weighted by molar-refractivity contribution is -0.128. The van der Waals surface area contributed by atoms with Gasteiger partial charge >= 0.3 is 0 Å². The van der Waals surface area contributed by atoms with E-state index in [0.717, 1.165) is 26.2 Å². The van der Waals surface area contributed by atoms with E-state index in [9.17, 15) is 9.59 Å². The number of nitrogens with zero attached hydrogens (tertiary/aromatic N) is 2. The van der Waals surface area contributed by atoms with Gasteiger partial charge in [-0.2, -0.15) is 0 Å². The van der Waals surface area contributed by atoms with Gasteiger partial charge in [-0.1, -0.05) is 13.8 Å². The van der Waals surface area contributed by atoms with Gasteiger partial charge in [-0.05, 0) is 5.92 Å². The summed E-state index contributed by atoms with van der Waals surface area (Å²) < 4.78 is 5.71. The molecule has 0 radical (unpaired) electrons. The molecule has 2 amide bonds. The van der Waals surface area contributed by atoms with Crippen molar-refractivity contribution in [1.82, 2.24) is 15.1 Å². The highest BCUT2D eigenvalue weighted by atomic mass is 16.5. The molecule has 0 bridgehead atoms. The number of amides is 2. The topological polar surface area (TPSA) is 61.9 Å². The first-order chi connectivity index (χ1) is 9.95. The van der Waals surface area contributed by atoms with Gasteiger partial charge in [0.2, 0.25) is 11.8 Å². The minimum atomic E-state index is -0.210. The zero-order valence-electron chi connectivity index (χ0n) is 13.3. The maximum atomic E-state index is 12.1. The Morgan fingerprint density at radius 2 is 2.19 bits per heavy atom. The van der Waals surface area contributed by atoms with Gasteiger partial charge < -0.3 is 15.0 Å². The molecular weight excluding hydrogens is 270 g/mol. The number of carbonyl (C=O) groups is 2. The minimum Gasteiger partial charge on any atom is -0.374 e. The number of carbonyl (C=O) groups excluding carboxylic acids is 2. The molecule has 0 saturated carbocycles. The first-order valence-electron chi connectivity index (χ1n) is 7.81. The van der Waals surface area contributed by atoms with Gasteiger partial charge in [0, 0.05) is 46.2 Å². The fraction of sp³-hybridized carbons (Fsp3) is 0.867. The number of likely N-dealkylation sites (tertiary alicyclic amines) is 1. The summed E-state index contributed by atoms with van der Waals surface area (Å²) in [5.74, 6) is 0.445. The third kappa shape index (κ3) is 4.68. The summed E-state index contributed by atoms with van der Waals surface area (Å²) in [7, 11) is 1.74. The zero-order chi connectivity index (χ0) is 15.4. The average molecular weight is 297 g/mol. The van der Waals surface area contributed by atoms with Crippen LogP contribution in [0.25, 0.3) is 0 Å². The molecule has 6 nitrogen and oxygen atoms in total. The highest BCUT2D eigenvalue weighted by Crippen LogP contribution is 2.16. The Morgan fingerprint density at radius 1 is 1.43 bits per heavy atom.